The zero-order valence-electron chi connectivity index (χ0n) is 21.1. The molecule has 0 saturated carbocycles. The summed E-state index contributed by atoms with van der Waals surface area (Å²) in [7, 11) is 0. The van der Waals surface area contributed by atoms with Crippen LogP contribution in [0.1, 0.15) is 60.5 Å². The number of ether oxygens (including phenoxy) is 2. The lowest BCUT2D eigenvalue weighted by atomic mass is 9.80. The van der Waals surface area contributed by atoms with Crippen molar-refractivity contribution in [3.05, 3.63) is 40.4 Å². The fraction of sp³-hybridized carbons (Fsp3) is 0.600. The van der Waals surface area contributed by atoms with Crippen LogP contribution in [0.5, 0.6) is 5.75 Å². The number of carbonyl (C=O) groups is 1. The number of amides is 1. The van der Waals surface area contributed by atoms with Crippen molar-refractivity contribution in [1.29, 1.82) is 0 Å². The Balaban J connectivity index is 2.48. The summed E-state index contributed by atoms with van der Waals surface area (Å²) in [6.45, 7) is 18.2. The Labute approximate surface area is 217 Å². The van der Waals surface area contributed by atoms with E-state index in [1.165, 1.54) is 0 Å². The van der Waals surface area contributed by atoms with Gasteiger partial charge < -0.3 is 18.9 Å². The summed E-state index contributed by atoms with van der Waals surface area (Å²) in [6.07, 6.45) is 1.93. The minimum absolute atomic E-state index is 0.0266. The highest BCUT2D eigenvalue weighted by Gasteiger charge is 2.38. The van der Waals surface area contributed by atoms with Crippen LogP contribution in [-0.2, 0) is 16.1 Å². The molecule has 2 rings (SSSR count). The minimum Gasteiger partial charge on any atom is -0.591 e. The first-order chi connectivity index (χ1) is 15.6. The van der Waals surface area contributed by atoms with Crippen molar-refractivity contribution >= 4 is 46.4 Å². The summed E-state index contributed by atoms with van der Waals surface area (Å²) in [6, 6.07) is 3.37. The Morgan fingerprint density at radius 3 is 2.41 bits per heavy atom. The van der Waals surface area contributed by atoms with Crippen molar-refractivity contribution < 1.29 is 18.8 Å². The van der Waals surface area contributed by atoms with Crippen molar-refractivity contribution in [2.75, 3.05) is 19.7 Å². The lowest BCUT2D eigenvalue weighted by Gasteiger charge is -2.38. The van der Waals surface area contributed by atoms with Gasteiger partial charge in [-0.05, 0) is 59.9 Å². The molecule has 34 heavy (non-hydrogen) atoms. The third kappa shape index (κ3) is 7.80. The summed E-state index contributed by atoms with van der Waals surface area (Å²) in [4.78, 5) is 14.3. The summed E-state index contributed by atoms with van der Waals surface area (Å²) in [5.74, 6) is 0.452. The van der Waals surface area contributed by atoms with Crippen molar-refractivity contribution in [3.63, 3.8) is 0 Å². The number of hydrogen-bond donors (Lipinski definition) is 0. The number of halogens is 2. The molecule has 0 N–H and O–H groups in total. The highest BCUT2D eigenvalue weighted by atomic mass is 35.5. The van der Waals surface area contributed by atoms with Gasteiger partial charge in [-0.25, -0.2) is 4.79 Å². The maximum Gasteiger partial charge on any atom is 0.410 e. The van der Waals surface area contributed by atoms with Crippen molar-refractivity contribution in [2.24, 2.45) is 16.2 Å². The number of carbonyl (C=O) groups excluding carboxylic acids is 1. The number of benzene rings is 1. The van der Waals surface area contributed by atoms with E-state index < -0.39 is 21.7 Å². The number of piperidine rings is 1. The SMILES string of the molecule is C=CCOc1cc(Cl)c(Cl)cc1C(=N[S@@+]([O-])C(C)(C)C)[C@H]1CCN(C(=O)OC(C)(C)C)C[C@H]1C. The fourth-order valence-corrected chi connectivity index (χ4v) is 4.59. The van der Waals surface area contributed by atoms with Gasteiger partial charge in [0.25, 0.3) is 0 Å². The van der Waals surface area contributed by atoms with Crippen LogP contribution in [0.15, 0.2) is 29.2 Å². The average Bonchev–Trinajstić information content (AvgIpc) is 2.70. The van der Waals surface area contributed by atoms with E-state index in [9.17, 15) is 9.35 Å². The van der Waals surface area contributed by atoms with Crippen LogP contribution >= 0.6 is 23.2 Å². The van der Waals surface area contributed by atoms with Crippen LogP contribution in [-0.4, -0.2) is 51.3 Å². The Bertz CT molecular complexity index is 925. The normalized spacial score (nSPS) is 20.6. The molecule has 1 saturated heterocycles. The maximum absolute atomic E-state index is 13.1. The molecule has 0 radical (unpaired) electrons. The van der Waals surface area contributed by atoms with E-state index in [1.807, 2.05) is 41.5 Å². The van der Waals surface area contributed by atoms with Crippen LogP contribution in [0, 0.1) is 11.8 Å². The second kappa shape index (κ2) is 11.5. The van der Waals surface area contributed by atoms with Gasteiger partial charge in [-0.2, -0.15) is 0 Å². The van der Waals surface area contributed by atoms with Gasteiger partial charge in [0, 0.05) is 30.6 Å². The standard InChI is InChI=1S/C25H36Cl2N2O4S/c1-9-12-32-21-14-20(27)19(26)13-18(21)22(28-34(31)25(6,7)8)17-10-11-29(15-16(17)2)23(30)33-24(3,4)5/h9,13-14,16-17H,1,10-12,15H2,2-8H3/t16-,17+,34+/m1/s1. The molecular formula is C25H36Cl2N2O4S. The zero-order chi connectivity index (χ0) is 25.8. The van der Waals surface area contributed by atoms with Crippen LogP contribution in [0.25, 0.3) is 0 Å². The molecule has 0 bridgehead atoms. The van der Waals surface area contributed by atoms with Gasteiger partial charge in [-0.15, -0.1) is 0 Å². The monoisotopic (exact) mass is 530 g/mol. The molecule has 1 aromatic carbocycles. The van der Waals surface area contributed by atoms with E-state index >= 15 is 0 Å². The number of hydrogen-bond acceptors (Lipinski definition) is 5. The largest absolute Gasteiger partial charge is 0.591 e. The van der Waals surface area contributed by atoms with Gasteiger partial charge in [0.05, 0.1) is 10.0 Å². The molecule has 1 amide bonds. The van der Waals surface area contributed by atoms with Gasteiger partial charge in [-0.3, -0.25) is 0 Å². The van der Waals surface area contributed by atoms with E-state index in [2.05, 4.69) is 13.5 Å². The molecule has 0 aromatic heterocycles. The molecule has 0 spiro atoms. The average molecular weight is 532 g/mol. The molecule has 1 aromatic rings. The molecular weight excluding hydrogens is 495 g/mol. The van der Waals surface area contributed by atoms with Crippen molar-refractivity contribution in [1.82, 2.24) is 4.90 Å². The molecule has 3 atom stereocenters. The summed E-state index contributed by atoms with van der Waals surface area (Å²) in [5, 5.41) is 0.712. The van der Waals surface area contributed by atoms with Gasteiger partial charge in [0.2, 0.25) is 0 Å². The predicted octanol–water partition coefficient (Wildman–Crippen LogP) is 6.70. The smallest absolute Gasteiger partial charge is 0.410 e. The lowest BCUT2D eigenvalue weighted by molar-refractivity contribution is 0.0150. The van der Waals surface area contributed by atoms with E-state index in [4.69, 9.17) is 37.1 Å². The van der Waals surface area contributed by atoms with E-state index in [0.717, 1.165) is 0 Å². The molecule has 1 heterocycles. The molecule has 1 aliphatic rings. The second-order valence-electron chi connectivity index (χ2n) is 10.5. The third-order valence-electron chi connectivity index (χ3n) is 5.27. The summed E-state index contributed by atoms with van der Waals surface area (Å²) in [5.41, 5.74) is 0.726. The topological polar surface area (TPSA) is 74.2 Å². The predicted molar refractivity (Wildman–Crippen MR) is 142 cm³/mol. The Morgan fingerprint density at radius 1 is 1.26 bits per heavy atom. The third-order valence-corrected chi connectivity index (χ3v) is 7.40. The highest BCUT2D eigenvalue weighted by molar-refractivity contribution is 7.91. The Morgan fingerprint density at radius 2 is 1.88 bits per heavy atom. The molecule has 1 aliphatic heterocycles. The van der Waals surface area contributed by atoms with E-state index in [0.29, 0.717) is 46.6 Å². The zero-order valence-corrected chi connectivity index (χ0v) is 23.4. The molecule has 9 heteroatoms. The van der Waals surface area contributed by atoms with E-state index in [1.54, 1.807) is 23.1 Å². The quantitative estimate of drug-likeness (QED) is 0.233. The minimum atomic E-state index is -1.51. The number of rotatable bonds is 6. The Hall–Kier alpha value is -1.41. The first-order valence-electron chi connectivity index (χ1n) is 11.4. The maximum atomic E-state index is 13.1. The van der Waals surface area contributed by atoms with Crippen LogP contribution in [0.2, 0.25) is 10.0 Å². The molecule has 0 aliphatic carbocycles. The summed E-state index contributed by atoms with van der Waals surface area (Å²) < 4.78 is 28.7. The van der Waals surface area contributed by atoms with Crippen LogP contribution in [0.4, 0.5) is 4.79 Å². The first kappa shape index (κ1) is 28.8. The second-order valence-corrected chi connectivity index (χ2v) is 13.2. The molecule has 190 valence electrons. The molecule has 1 fully saturated rings. The van der Waals surface area contributed by atoms with Crippen LogP contribution < -0.4 is 4.74 Å². The van der Waals surface area contributed by atoms with E-state index in [-0.39, 0.29) is 24.5 Å². The van der Waals surface area contributed by atoms with Gasteiger partial charge >= 0.3 is 6.09 Å². The van der Waals surface area contributed by atoms with Crippen molar-refractivity contribution in [2.45, 2.75) is 65.2 Å². The summed E-state index contributed by atoms with van der Waals surface area (Å²) >= 11 is 11.1. The lowest BCUT2D eigenvalue weighted by Crippen LogP contribution is -2.47. The van der Waals surface area contributed by atoms with Crippen molar-refractivity contribution in [3.8, 4) is 5.75 Å². The van der Waals surface area contributed by atoms with Crippen LogP contribution in [0.3, 0.4) is 0 Å². The first-order valence-corrected chi connectivity index (χ1v) is 13.2. The number of likely N-dealkylation sites (tertiary alicyclic amines) is 1. The molecule has 6 nitrogen and oxygen atoms in total. The van der Waals surface area contributed by atoms with Gasteiger partial charge in [0.15, 0.2) is 0 Å². The Kier molecular flexibility index (Phi) is 9.79. The highest BCUT2D eigenvalue weighted by Crippen LogP contribution is 2.37. The number of nitrogens with zero attached hydrogens (tertiary/aromatic N) is 2. The van der Waals surface area contributed by atoms with Gasteiger partial charge in [0.1, 0.15) is 39.8 Å². The fourth-order valence-electron chi connectivity index (χ4n) is 3.58. The van der Waals surface area contributed by atoms with Gasteiger partial charge in [-0.1, -0.05) is 47.2 Å². The molecule has 0 unspecified atom stereocenters.